The summed E-state index contributed by atoms with van der Waals surface area (Å²) in [7, 11) is -6.92. The molecule has 2 aliphatic rings. The van der Waals surface area contributed by atoms with E-state index in [9.17, 15) is 21.6 Å². The molecule has 2 heterocycles. The number of nitrogens with one attached hydrogen (secondary N) is 1. The lowest BCUT2D eigenvalue weighted by atomic mass is 10.1. The van der Waals surface area contributed by atoms with E-state index in [0.29, 0.717) is 0 Å². The molecule has 0 saturated carbocycles. The summed E-state index contributed by atoms with van der Waals surface area (Å²) >= 11 is 0. The first kappa shape index (κ1) is 20.1. The number of piperazine rings is 1. The molecule has 2 amide bonds. The Morgan fingerprint density at radius 1 is 1.15 bits per heavy atom. The SMILES string of the molecule is Cc1ccc(C)c(NC(=O)N2CCN(S(=O)(=O)[C@H]3CCS(=O)(=O)C3)CC2)c1. The molecule has 0 radical (unpaired) electrons. The highest BCUT2D eigenvalue weighted by Gasteiger charge is 2.41. The number of carbonyl (C=O) groups is 1. The Balaban J connectivity index is 1.60. The van der Waals surface area contributed by atoms with Gasteiger partial charge >= 0.3 is 6.03 Å². The minimum absolute atomic E-state index is 0.0743. The van der Waals surface area contributed by atoms with Gasteiger partial charge in [0.25, 0.3) is 0 Å². The number of rotatable bonds is 3. The molecule has 3 rings (SSSR count). The van der Waals surface area contributed by atoms with Gasteiger partial charge in [0.1, 0.15) is 0 Å². The Hall–Kier alpha value is -1.65. The molecule has 0 unspecified atom stereocenters. The van der Waals surface area contributed by atoms with Crippen molar-refractivity contribution in [3.63, 3.8) is 0 Å². The monoisotopic (exact) mass is 415 g/mol. The van der Waals surface area contributed by atoms with Gasteiger partial charge in [0, 0.05) is 31.9 Å². The minimum atomic E-state index is -3.66. The van der Waals surface area contributed by atoms with Gasteiger partial charge in [0.15, 0.2) is 9.84 Å². The maximum atomic E-state index is 12.7. The summed E-state index contributed by atoms with van der Waals surface area (Å²) in [5.41, 5.74) is 2.74. The summed E-state index contributed by atoms with van der Waals surface area (Å²) in [6.45, 7) is 4.76. The third-order valence-electron chi connectivity index (χ3n) is 5.13. The van der Waals surface area contributed by atoms with E-state index in [1.165, 1.54) is 4.31 Å². The lowest BCUT2D eigenvalue weighted by molar-refractivity contribution is 0.184. The van der Waals surface area contributed by atoms with Crippen LogP contribution in [0.5, 0.6) is 0 Å². The summed E-state index contributed by atoms with van der Waals surface area (Å²) in [5.74, 6) is -0.377. The van der Waals surface area contributed by atoms with Crippen molar-refractivity contribution in [2.45, 2.75) is 25.5 Å². The predicted octanol–water partition coefficient (Wildman–Crippen LogP) is 0.970. The smallest absolute Gasteiger partial charge is 0.321 e. The Kier molecular flexibility index (Phi) is 5.51. The largest absolute Gasteiger partial charge is 0.322 e. The Labute approximate surface area is 160 Å². The topological polar surface area (TPSA) is 104 Å². The second-order valence-corrected chi connectivity index (χ2v) is 11.6. The standard InChI is InChI=1S/C17H25N3O5S2/c1-13-3-4-14(2)16(11-13)18-17(21)19-6-8-20(9-7-19)27(24,25)15-5-10-26(22,23)12-15/h3-4,11,15H,5-10,12H2,1-2H3,(H,18,21)/t15-/m0/s1. The molecule has 150 valence electrons. The summed E-state index contributed by atoms with van der Waals surface area (Å²) in [6, 6.07) is 5.54. The minimum Gasteiger partial charge on any atom is -0.322 e. The zero-order valence-corrected chi connectivity index (χ0v) is 17.1. The van der Waals surface area contributed by atoms with Crippen LogP contribution in [0.15, 0.2) is 18.2 Å². The highest BCUT2D eigenvalue weighted by Crippen LogP contribution is 2.23. The molecular formula is C17H25N3O5S2. The van der Waals surface area contributed by atoms with Crippen LogP contribution in [0.25, 0.3) is 0 Å². The van der Waals surface area contributed by atoms with Crippen molar-refractivity contribution in [1.82, 2.24) is 9.21 Å². The van der Waals surface area contributed by atoms with E-state index in [1.54, 1.807) is 4.90 Å². The van der Waals surface area contributed by atoms with Gasteiger partial charge in [-0.3, -0.25) is 0 Å². The van der Waals surface area contributed by atoms with Crippen LogP contribution in [0.3, 0.4) is 0 Å². The van der Waals surface area contributed by atoms with E-state index in [-0.39, 0.29) is 50.1 Å². The molecule has 2 saturated heterocycles. The average Bonchev–Trinajstić information content (AvgIpc) is 2.99. The molecule has 0 aromatic heterocycles. The molecule has 0 aliphatic carbocycles. The van der Waals surface area contributed by atoms with E-state index in [2.05, 4.69) is 5.32 Å². The molecule has 0 spiro atoms. The van der Waals surface area contributed by atoms with Gasteiger partial charge in [-0.05, 0) is 37.5 Å². The van der Waals surface area contributed by atoms with Crippen LogP contribution in [0.2, 0.25) is 0 Å². The zero-order valence-electron chi connectivity index (χ0n) is 15.5. The van der Waals surface area contributed by atoms with Crippen molar-refractivity contribution in [3.05, 3.63) is 29.3 Å². The second-order valence-electron chi connectivity index (χ2n) is 7.20. The molecule has 2 fully saturated rings. The number of sulfonamides is 1. The summed E-state index contributed by atoms with van der Waals surface area (Å²) in [4.78, 5) is 14.1. The molecule has 1 aromatic carbocycles. The maximum absolute atomic E-state index is 12.7. The van der Waals surface area contributed by atoms with Gasteiger partial charge in [0.2, 0.25) is 10.0 Å². The Morgan fingerprint density at radius 3 is 2.41 bits per heavy atom. The number of nitrogens with zero attached hydrogens (tertiary/aromatic N) is 2. The second kappa shape index (κ2) is 7.40. The Morgan fingerprint density at radius 2 is 1.81 bits per heavy atom. The fourth-order valence-electron chi connectivity index (χ4n) is 3.42. The quantitative estimate of drug-likeness (QED) is 0.792. The van der Waals surface area contributed by atoms with Gasteiger partial charge in [-0.1, -0.05) is 12.1 Å². The molecule has 27 heavy (non-hydrogen) atoms. The molecule has 1 N–H and O–H groups in total. The molecule has 10 heteroatoms. The van der Waals surface area contributed by atoms with E-state index in [1.807, 2.05) is 32.0 Å². The van der Waals surface area contributed by atoms with Crippen LogP contribution in [0.1, 0.15) is 17.5 Å². The number of sulfone groups is 1. The first-order chi connectivity index (χ1) is 12.6. The first-order valence-corrected chi connectivity index (χ1v) is 12.2. The summed E-state index contributed by atoms with van der Waals surface area (Å²) in [5, 5.41) is 2.02. The third-order valence-corrected chi connectivity index (χ3v) is 9.44. The van der Waals surface area contributed by atoms with Gasteiger partial charge < -0.3 is 10.2 Å². The lowest BCUT2D eigenvalue weighted by Gasteiger charge is -2.35. The van der Waals surface area contributed by atoms with E-state index < -0.39 is 25.1 Å². The number of hydrogen-bond acceptors (Lipinski definition) is 5. The van der Waals surface area contributed by atoms with Crippen molar-refractivity contribution in [2.24, 2.45) is 0 Å². The van der Waals surface area contributed by atoms with Crippen molar-refractivity contribution in [3.8, 4) is 0 Å². The summed E-state index contributed by atoms with van der Waals surface area (Å²) < 4.78 is 49.8. The van der Waals surface area contributed by atoms with Crippen LogP contribution < -0.4 is 5.32 Å². The van der Waals surface area contributed by atoms with Crippen LogP contribution in [-0.4, -0.2) is 75.0 Å². The van der Waals surface area contributed by atoms with Crippen molar-refractivity contribution in [1.29, 1.82) is 0 Å². The highest BCUT2D eigenvalue weighted by atomic mass is 32.2. The van der Waals surface area contributed by atoms with Crippen LogP contribution in [-0.2, 0) is 19.9 Å². The molecule has 8 nitrogen and oxygen atoms in total. The first-order valence-electron chi connectivity index (χ1n) is 8.91. The van der Waals surface area contributed by atoms with Crippen molar-refractivity contribution < 1.29 is 21.6 Å². The van der Waals surface area contributed by atoms with E-state index in [4.69, 9.17) is 0 Å². The summed E-state index contributed by atoms with van der Waals surface area (Å²) in [6.07, 6.45) is 0.151. The number of hydrogen-bond donors (Lipinski definition) is 1. The zero-order chi connectivity index (χ0) is 19.8. The van der Waals surface area contributed by atoms with Gasteiger partial charge in [-0.2, -0.15) is 4.31 Å². The molecule has 2 aliphatic heterocycles. The number of anilines is 1. The van der Waals surface area contributed by atoms with E-state index in [0.717, 1.165) is 16.8 Å². The van der Waals surface area contributed by atoms with Crippen molar-refractivity contribution >= 4 is 31.6 Å². The highest BCUT2D eigenvalue weighted by molar-refractivity contribution is 7.95. The number of amides is 2. The lowest BCUT2D eigenvalue weighted by Crippen LogP contribution is -2.53. The van der Waals surface area contributed by atoms with Crippen LogP contribution in [0, 0.1) is 13.8 Å². The number of urea groups is 1. The maximum Gasteiger partial charge on any atom is 0.321 e. The van der Waals surface area contributed by atoms with Crippen LogP contribution >= 0.6 is 0 Å². The molecule has 1 aromatic rings. The fourth-order valence-corrected chi connectivity index (χ4v) is 7.93. The Bertz CT molecular complexity index is 935. The van der Waals surface area contributed by atoms with Gasteiger partial charge in [-0.15, -0.1) is 0 Å². The van der Waals surface area contributed by atoms with E-state index >= 15 is 0 Å². The normalized spacial score (nSPS) is 23.3. The molecule has 1 atom stereocenters. The van der Waals surface area contributed by atoms with Crippen molar-refractivity contribution in [2.75, 3.05) is 43.0 Å². The van der Waals surface area contributed by atoms with Gasteiger partial charge in [-0.25, -0.2) is 21.6 Å². The molecular weight excluding hydrogens is 390 g/mol. The van der Waals surface area contributed by atoms with Gasteiger partial charge in [0.05, 0.1) is 16.8 Å². The third kappa shape index (κ3) is 4.44. The molecule has 0 bridgehead atoms. The predicted molar refractivity (Wildman–Crippen MR) is 104 cm³/mol. The van der Waals surface area contributed by atoms with Crippen LogP contribution in [0.4, 0.5) is 10.5 Å². The average molecular weight is 416 g/mol. The number of benzene rings is 1. The fraction of sp³-hybridized carbons (Fsp3) is 0.588. The number of carbonyl (C=O) groups excluding carboxylic acids is 1. The number of aryl methyl sites for hydroxylation is 2.